The molecule has 0 aliphatic rings. The number of hydrogen-bond donors (Lipinski definition) is 1. The minimum Gasteiger partial charge on any atom is -0.497 e. The first kappa shape index (κ1) is 15.0. The van der Waals surface area contributed by atoms with E-state index in [1.165, 1.54) is 0 Å². The molecule has 0 unspecified atom stereocenters. The predicted molar refractivity (Wildman–Crippen MR) is 75.0 cm³/mol. The second-order valence-electron chi connectivity index (χ2n) is 5.06. The molecule has 0 fully saturated rings. The van der Waals surface area contributed by atoms with Crippen LogP contribution in [0.1, 0.15) is 31.7 Å². The first-order valence-electron chi connectivity index (χ1n) is 6.53. The fourth-order valence-electron chi connectivity index (χ4n) is 2.14. The molecule has 1 aromatic carbocycles. The molecule has 3 nitrogen and oxygen atoms in total. The Bertz CT molecular complexity index is 348. The molecule has 1 aromatic rings. The summed E-state index contributed by atoms with van der Waals surface area (Å²) in [6.07, 6.45) is 2.50. The number of ether oxygens (including phenoxy) is 1. The molecule has 3 heteroatoms. The Morgan fingerprint density at radius 2 is 1.78 bits per heavy atom. The van der Waals surface area contributed by atoms with E-state index in [1.807, 2.05) is 38.4 Å². The molecule has 18 heavy (non-hydrogen) atoms. The van der Waals surface area contributed by atoms with Crippen molar-refractivity contribution in [3.63, 3.8) is 0 Å². The lowest BCUT2D eigenvalue weighted by Gasteiger charge is -2.30. The third-order valence-electron chi connectivity index (χ3n) is 3.26. The van der Waals surface area contributed by atoms with Crippen LogP contribution in [0.3, 0.4) is 0 Å². The molecule has 0 aliphatic heterocycles. The van der Waals surface area contributed by atoms with E-state index < -0.39 is 5.60 Å². The summed E-state index contributed by atoms with van der Waals surface area (Å²) in [6.45, 7) is 2.98. The van der Waals surface area contributed by atoms with E-state index in [0.717, 1.165) is 37.1 Å². The van der Waals surface area contributed by atoms with Crippen molar-refractivity contribution in [3.05, 3.63) is 29.8 Å². The molecular formula is C15H25NO2. The van der Waals surface area contributed by atoms with Gasteiger partial charge in [-0.15, -0.1) is 0 Å². The molecular weight excluding hydrogens is 226 g/mol. The van der Waals surface area contributed by atoms with Gasteiger partial charge in [0.2, 0.25) is 0 Å². The summed E-state index contributed by atoms with van der Waals surface area (Å²) in [7, 11) is 5.71. The smallest absolute Gasteiger partial charge is 0.118 e. The van der Waals surface area contributed by atoms with Gasteiger partial charge in [-0.2, -0.15) is 0 Å². The van der Waals surface area contributed by atoms with Crippen LogP contribution in [0, 0.1) is 0 Å². The number of nitrogens with zero attached hydrogens (tertiary/aromatic N) is 1. The molecule has 0 amide bonds. The molecule has 0 heterocycles. The maximum Gasteiger partial charge on any atom is 0.118 e. The van der Waals surface area contributed by atoms with Gasteiger partial charge in [0.15, 0.2) is 0 Å². The highest BCUT2D eigenvalue weighted by molar-refractivity contribution is 5.30. The highest BCUT2D eigenvalue weighted by atomic mass is 16.5. The molecule has 102 valence electrons. The molecule has 0 saturated carbocycles. The lowest BCUT2D eigenvalue weighted by atomic mass is 9.86. The van der Waals surface area contributed by atoms with Gasteiger partial charge in [-0.3, -0.25) is 0 Å². The first-order valence-corrected chi connectivity index (χ1v) is 6.53. The van der Waals surface area contributed by atoms with E-state index >= 15 is 0 Å². The third-order valence-corrected chi connectivity index (χ3v) is 3.26. The van der Waals surface area contributed by atoms with Crippen molar-refractivity contribution in [2.75, 3.05) is 27.7 Å². The Kier molecular flexibility index (Phi) is 5.63. The Hall–Kier alpha value is -1.06. The van der Waals surface area contributed by atoms with Gasteiger partial charge in [0.25, 0.3) is 0 Å². The molecule has 0 aromatic heterocycles. The van der Waals surface area contributed by atoms with E-state index in [9.17, 15) is 5.11 Å². The van der Waals surface area contributed by atoms with Gasteiger partial charge >= 0.3 is 0 Å². The van der Waals surface area contributed by atoms with Crippen LogP contribution in [0.25, 0.3) is 0 Å². The number of benzene rings is 1. The molecule has 0 aliphatic carbocycles. The second kappa shape index (κ2) is 6.76. The van der Waals surface area contributed by atoms with Crippen LogP contribution in [0.5, 0.6) is 5.75 Å². The predicted octanol–water partition coefficient (Wildman–Crippen LogP) is 2.63. The molecule has 0 spiro atoms. The van der Waals surface area contributed by atoms with Crippen molar-refractivity contribution in [3.8, 4) is 5.75 Å². The maximum atomic E-state index is 10.8. The van der Waals surface area contributed by atoms with Crippen LogP contribution < -0.4 is 4.74 Å². The zero-order valence-electron chi connectivity index (χ0n) is 11.9. The summed E-state index contributed by atoms with van der Waals surface area (Å²) in [4.78, 5) is 2.10. The van der Waals surface area contributed by atoms with Gasteiger partial charge in [-0.05, 0) is 44.6 Å². The maximum absolute atomic E-state index is 10.8. The van der Waals surface area contributed by atoms with Crippen molar-refractivity contribution < 1.29 is 9.84 Å². The van der Waals surface area contributed by atoms with E-state index in [0.29, 0.717) is 0 Å². The summed E-state index contributed by atoms with van der Waals surface area (Å²) < 4.78 is 5.15. The average molecular weight is 251 g/mol. The van der Waals surface area contributed by atoms with Crippen LogP contribution in [-0.2, 0) is 5.60 Å². The van der Waals surface area contributed by atoms with Crippen LogP contribution in [0.15, 0.2) is 24.3 Å². The average Bonchev–Trinajstić information content (AvgIpc) is 2.37. The fourth-order valence-corrected chi connectivity index (χ4v) is 2.14. The molecule has 0 bridgehead atoms. The van der Waals surface area contributed by atoms with Gasteiger partial charge in [0.05, 0.1) is 12.7 Å². The Balaban J connectivity index is 2.86. The van der Waals surface area contributed by atoms with Crippen LogP contribution in [-0.4, -0.2) is 37.8 Å². The third kappa shape index (κ3) is 4.00. The normalized spacial score (nSPS) is 14.6. The largest absolute Gasteiger partial charge is 0.497 e. The SMILES string of the molecule is CCC[C@@](O)(CCN(C)C)c1ccc(OC)cc1. The molecule has 1 N–H and O–H groups in total. The quantitative estimate of drug-likeness (QED) is 0.808. The molecule has 0 radical (unpaired) electrons. The Labute approximate surface area is 110 Å². The fraction of sp³-hybridized carbons (Fsp3) is 0.600. The Morgan fingerprint density at radius 1 is 1.17 bits per heavy atom. The van der Waals surface area contributed by atoms with Crippen LogP contribution in [0.2, 0.25) is 0 Å². The lowest BCUT2D eigenvalue weighted by molar-refractivity contribution is 0.0116. The zero-order valence-corrected chi connectivity index (χ0v) is 11.9. The highest BCUT2D eigenvalue weighted by Crippen LogP contribution is 2.31. The number of aliphatic hydroxyl groups is 1. The summed E-state index contributed by atoms with van der Waals surface area (Å²) in [6, 6.07) is 7.74. The minimum absolute atomic E-state index is 0.731. The van der Waals surface area contributed by atoms with Crippen molar-refractivity contribution in [2.45, 2.75) is 31.8 Å². The van der Waals surface area contributed by atoms with Crippen LogP contribution in [0.4, 0.5) is 0 Å². The second-order valence-corrected chi connectivity index (χ2v) is 5.06. The van der Waals surface area contributed by atoms with E-state index in [4.69, 9.17) is 4.74 Å². The zero-order chi connectivity index (χ0) is 13.6. The van der Waals surface area contributed by atoms with E-state index in [2.05, 4.69) is 11.8 Å². The van der Waals surface area contributed by atoms with Crippen molar-refractivity contribution in [2.24, 2.45) is 0 Å². The molecule has 1 atom stereocenters. The van der Waals surface area contributed by atoms with Crippen molar-refractivity contribution in [1.82, 2.24) is 4.90 Å². The number of rotatable bonds is 7. The highest BCUT2D eigenvalue weighted by Gasteiger charge is 2.27. The van der Waals surface area contributed by atoms with E-state index in [1.54, 1.807) is 7.11 Å². The van der Waals surface area contributed by atoms with Crippen LogP contribution >= 0.6 is 0 Å². The van der Waals surface area contributed by atoms with Gasteiger partial charge < -0.3 is 14.7 Å². The van der Waals surface area contributed by atoms with E-state index in [-0.39, 0.29) is 0 Å². The minimum atomic E-state index is -0.731. The van der Waals surface area contributed by atoms with Crippen molar-refractivity contribution in [1.29, 1.82) is 0 Å². The topological polar surface area (TPSA) is 32.7 Å². The molecule has 1 rings (SSSR count). The summed E-state index contributed by atoms with van der Waals surface area (Å²) in [5, 5.41) is 10.8. The van der Waals surface area contributed by atoms with Gasteiger partial charge in [0, 0.05) is 6.54 Å². The standard InChI is InChI=1S/C15H25NO2/c1-5-10-15(17,11-12-16(2)3)13-6-8-14(18-4)9-7-13/h6-9,17H,5,10-12H2,1-4H3/t15-/m1/s1. The summed E-state index contributed by atoms with van der Waals surface area (Å²) >= 11 is 0. The van der Waals surface area contributed by atoms with Gasteiger partial charge in [0.1, 0.15) is 5.75 Å². The monoisotopic (exact) mass is 251 g/mol. The summed E-state index contributed by atoms with van der Waals surface area (Å²) in [5.74, 6) is 0.824. The summed E-state index contributed by atoms with van der Waals surface area (Å²) in [5.41, 5.74) is 0.248. The number of hydrogen-bond acceptors (Lipinski definition) is 3. The van der Waals surface area contributed by atoms with Gasteiger partial charge in [-0.25, -0.2) is 0 Å². The lowest BCUT2D eigenvalue weighted by Crippen LogP contribution is -2.30. The first-order chi connectivity index (χ1) is 8.51. The van der Waals surface area contributed by atoms with Crippen molar-refractivity contribution >= 4 is 0 Å². The van der Waals surface area contributed by atoms with Gasteiger partial charge in [-0.1, -0.05) is 25.5 Å². The molecule has 0 saturated heterocycles. The number of methoxy groups -OCH3 is 1. The Morgan fingerprint density at radius 3 is 2.22 bits per heavy atom.